The summed E-state index contributed by atoms with van der Waals surface area (Å²) < 4.78 is 24.6. The normalized spacial score (nSPS) is 12.2. The van der Waals surface area contributed by atoms with Crippen molar-refractivity contribution in [3.05, 3.63) is 47.9 Å². The topological polar surface area (TPSA) is 53.0 Å². The molecule has 1 heterocycles. The molecule has 0 aliphatic rings. The van der Waals surface area contributed by atoms with Crippen LogP contribution in [0.4, 0.5) is 4.39 Å². The SMILES string of the molecule is C[S+]([O-])c1c(C=O)ccnc1-c1ccc(F)cc1. The summed E-state index contributed by atoms with van der Waals surface area (Å²) in [6.45, 7) is 0. The smallest absolute Gasteiger partial charge is 0.189 e. The summed E-state index contributed by atoms with van der Waals surface area (Å²) in [7, 11) is 0. The molecule has 18 heavy (non-hydrogen) atoms. The van der Waals surface area contributed by atoms with Crippen molar-refractivity contribution in [2.75, 3.05) is 6.26 Å². The van der Waals surface area contributed by atoms with Gasteiger partial charge in [0.05, 0.1) is 5.56 Å². The van der Waals surface area contributed by atoms with Crippen LogP contribution < -0.4 is 0 Å². The van der Waals surface area contributed by atoms with Crippen LogP contribution in [-0.2, 0) is 11.2 Å². The Balaban J connectivity index is 2.63. The Labute approximate surface area is 107 Å². The van der Waals surface area contributed by atoms with Crippen LogP contribution in [0.25, 0.3) is 11.3 Å². The van der Waals surface area contributed by atoms with Crippen LogP contribution in [0, 0.1) is 5.82 Å². The Hall–Kier alpha value is -1.72. The average Bonchev–Trinajstić information content (AvgIpc) is 2.38. The van der Waals surface area contributed by atoms with Crippen molar-refractivity contribution in [2.45, 2.75) is 4.90 Å². The lowest BCUT2D eigenvalue weighted by Gasteiger charge is -2.11. The van der Waals surface area contributed by atoms with Crippen LogP contribution in [0.3, 0.4) is 0 Å². The van der Waals surface area contributed by atoms with Crippen molar-refractivity contribution in [1.82, 2.24) is 4.98 Å². The predicted octanol–water partition coefficient (Wildman–Crippen LogP) is 2.44. The van der Waals surface area contributed by atoms with Crippen LogP contribution in [0.15, 0.2) is 41.4 Å². The molecule has 0 bridgehead atoms. The van der Waals surface area contributed by atoms with Crippen LogP contribution in [0.1, 0.15) is 10.4 Å². The van der Waals surface area contributed by atoms with Gasteiger partial charge in [0.1, 0.15) is 17.8 Å². The second kappa shape index (κ2) is 5.29. The summed E-state index contributed by atoms with van der Waals surface area (Å²) in [4.78, 5) is 15.5. The molecule has 1 aromatic heterocycles. The van der Waals surface area contributed by atoms with Gasteiger partial charge in [-0.05, 0) is 41.5 Å². The molecule has 0 aliphatic carbocycles. The summed E-state index contributed by atoms with van der Waals surface area (Å²) in [6, 6.07) is 7.20. The molecule has 0 fully saturated rings. The standard InChI is InChI=1S/C13H10FNO2S/c1-18(17)13-10(8-16)6-7-15-12(13)9-2-4-11(14)5-3-9/h2-8H,1H3. The highest BCUT2D eigenvalue weighted by molar-refractivity contribution is 7.91. The number of pyridine rings is 1. The molecule has 92 valence electrons. The maximum absolute atomic E-state index is 12.9. The first-order chi connectivity index (χ1) is 8.63. The zero-order valence-electron chi connectivity index (χ0n) is 9.59. The van der Waals surface area contributed by atoms with Crippen LogP contribution in [-0.4, -0.2) is 22.1 Å². The van der Waals surface area contributed by atoms with E-state index in [9.17, 15) is 13.7 Å². The minimum absolute atomic E-state index is 0.338. The fourth-order valence-corrected chi connectivity index (χ4v) is 2.56. The van der Waals surface area contributed by atoms with Crippen LogP contribution >= 0.6 is 0 Å². The number of carbonyl (C=O) groups excluding carboxylic acids is 1. The number of nitrogens with zero attached hydrogens (tertiary/aromatic N) is 1. The summed E-state index contributed by atoms with van der Waals surface area (Å²) in [5, 5.41) is 0. The molecule has 0 aliphatic heterocycles. The van der Waals surface area contributed by atoms with Crippen molar-refractivity contribution in [3.63, 3.8) is 0 Å². The molecule has 1 aromatic carbocycles. The number of benzene rings is 1. The maximum Gasteiger partial charge on any atom is 0.189 e. The molecule has 1 atom stereocenters. The highest BCUT2D eigenvalue weighted by Crippen LogP contribution is 2.27. The van der Waals surface area contributed by atoms with E-state index in [2.05, 4.69) is 4.98 Å². The van der Waals surface area contributed by atoms with Gasteiger partial charge in [0, 0.05) is 11.8 Å². The van der Waals surface area contributed by atoms with Gasteiger partial charge in [-0.1, -0.05) is 0 Å². The third-order valence-corrected chi connectivity index (χ3v) is 3.47. The fourth-order valence-electron chi connectivity index (χ4n) is 1.67. The fraction of sp³-hybridized carbons (Fsp3) is 0.0769. The molecule has 0 saturated carbocycles. The first-order valence-electron chi connectivity index (χ1n) is 5.17. The Morgan fingerprint density at radius 1 is 1.28 bits per heavy atom. The monoisotopic (exact) mass is 263 g/mol. The van der Waals surface area contributed by atoms with Gasteiger partial charge < -0.3 is 4.55 Å². The Bertz CT molecular complexity index is 570. The predicted molar refractivity (Wildman–Crippen MR) is 67.4 cm³/mol. The second-order valence-electron chi connectivity index (χ2n) is 3.66. The highest BCUT2D eigenvalue weighted by atomic mass is 32.2. The molecule has 3 nitrogen and oxygen atoms in total. The highest BCUT2D eigenvalue weighted by Gasteiger charge is 2.19. The summed E-state index contributed by atoms with van der Waals surface area (Å²) in [5.41, 5.74) is 1.41. The number of hydrogen-bond acceptors (Lipinski definition) is 3. The molecule has 2 rings (SSSR count). The Kier molecular flexibility index (Phi) is 3.74. The van der Waals surface area contributed by atoms with Crippen molar-refractivity contribution in [2.24, 2.45) is 0 Å². The quantitative estimate of drug-likeness (QED) is 0.631. The molecule has 0 saturated heterocycles. The van der Waals surface area contributed by atoms with Crippen LogP contribution in [0.2, 0.25) is 0 Å². The van der Waals surface area contributed by atoms with E-state index >= 15 is 0 Å². The molecule has 0 amide bonds. The number of aldehydes is 1. The van der Waals surface area contributed by atoms with Gasteiger partial charge in [-0.25, -0.2) is 4.39 Å². The number of hydrogen-bond donors (Lipinski definition) is 0. The molecular weight excluding hydrogens is 253 g/mol. The second-order valence-corrected chi connectivity index (χ2v) is 4.97. The van der Waals surface area contributed by atoms with E-state index in [1.165, 1.54) is 30.7 Å². The van der Waals surface area contributed by atoms with Crippen molar-refractivity contribution < 1.29 is 13.7 Å². The Morgan fingerprint density at radius 3 is 2.50 bits per heavy atom. The third-order valence-electron chi connectivity index (χ3n) is 2.47. The molecule has 2 aromatic rings. The average molecular weight is 263 g/mol. The lowest BCUT2D eigenvalue weighted by molar-refractivity contribution is 0.112. The van der Waals surface area contributed by atoms with Gasteiger partial charge in [0.15, 0.2) is 11.2 Å². The van der Waals surface area contributed by atoms with E-state index in [-0.39, 0.29) is 5.82 Å². The van der Waals surface area contributed by atoms with E-state index in [4.69, 9.17) is 0 Å². The molecule has 0 N–H and O–H groups in total. The minimum atomic E-state index is -1.35. The van der Waals surface area contributed by atoms with Gasteiger partial charge in [0.25, 0.3) is 0 Å². The minimum Gasteiger partial charge on any atom is -0.612 e. The van der Waals surface area contributed by atoms with Gasteiger partial charge in [-0.15, -0.1) is 0 Å². The van der Waals surface area contributed by atoms with Crippen LogP contribution in [0.5, 0.6) is 0 Å². The van der Waals surface area contributed by atoms with Gasteiger partial charge in [-0.3, -0.25) is 9.78 Å². The largest absolute Gasteiger partial charge is 0.612 e. The maximum atomic E-state index is 12.9. The molecular formula is C13H10FNO2S. The van der Waals surface area contributed by atoms with Gasteiger partial charge in [0.2, 0.25) is 0 Å². The lowest BCUT2D eigenvalue weighted by atomic mass is 10.1. The van der Waals surface area contributed by atoms with Crippen molar-refractivity contribution in [1.29, 1.82) is 0 Å². The van der Waals surface area contributed by atoms with Gasteiger partial charge in [-0.2, -0.15) is 0 Å². The number of rotatable bonds is 3. The molecule has 0 radical (unpaired) electrons. The number of aromatic nitrogens is 1. The van der Waals surface area contributed by atoms with Crippen molar-refractivity contribution >= 4 is 17.5 Å². The van der Waals surface area contributed by atoms with E-state index in [1.54, 1.807) is 12.1 Å². The lowest BCUT2D eigenvalue weighted by Crippen LogP contribution is -2.06. The van der Waals surface area contributed by atoms with E-state index in [1.807, 2.05) is 0 Å². The van der Waals surface area contributed by atoms with E-state index in [0.717, 1.165) is 0 Å². The molecule has 1 unspecified atom stereocenters. The molecule has 5 heteroatoms. The summed E-state index contributed by atoms with van der Waals surface area (Å²) >= 11 is -1.35. The summed E-state index contributed by atoms with van der Waals surface area (Å²) in [6.07, 6.45) is 3.60. The zero-order chi connectivity index (χ0) is 13.1. The van der Waals surface area contributed by atoms with E-state index < -0.39 is 11.2 Å². The number of halogens is 1. The first kappa shape index (κ1) is 12.7. The first-order valence-corrected chi connectivity index (χ1v) is 6.73. The van der Waals surface area contributed by atoms with E-state index in [0.29, 0.717) is 28.0 Å². The Morgan fingerprint density at radius 2 is 1.94 bits per heavy atom. The summed E-state index contributed by atoms with van der Waals surface area (Å²) in [5.74, 6) is -0.357. The zero-order valence-corrected chi connectivity index (χ0v) is 10.4. The van der Waals surface area contributed by atoms with Crippen molar-refractivity contribution in [3.8, 4) is 11.3 Å². The van der Waals surface area contributed by atoms with Gasteiger partial charge >= 0.3 is 0 Å². The number of carbonyl (C=O) groups is 1. The third kappa shape index (κ3) is 2.42. The molecule has 0 spiro atoms.